The number of hydrogen-bond donors (Lipinski definition) is 0. The minimum Gasteiger partial charge on any atom is -0.341 e. The van der Waals surface area contributed by atoms with E-state index in [0.29, 0.717) is 50.2 Å². The minimum atomic E-state index is 0.213. The molecule has 2 rings (SSSR count). The Balaban J connectivity index is 1.88. The van der Waals surface area contributed by atoms with Crippen LogP contribution in [0.5, 0.6) is 0 Å². The van der Waals surface area contributed by atoms with Crippen LogP contribution in [-0.2, 0) is 9.59 Å². The van der Waals surface area contributed by atoms with E-state index in [-0.39, 0.29) is 5.91 Å². The van der Waals surface area contributed by atoms with Gasteiger partial charge in [-0.05, 0) is 18.8 Å². The standard InChI is InChI=1S/C16H28N2O2/c1-13(2)11-18(14-5-3-4-6-14)12-16(20)17-9-7-15(19)8-10-17/h13-14H,3-12H2,1-2H3. The number of likely N-dealkylation sites (tertiary alicyclic amines) is 1. The van der Waals surface area contributed by atoms with Crippen LogP contribution in [0.1, 0.15) is 52.4 Å². The molecule has 0 aromatic heterocycles. The van der Waals surface area contributed by atoms with Crippen LogP contribution in [0.15, 0.2) is 0 Å². The Morgan fingerprint density at radius 1 is 1.25 bits per heavy atom. The van der Waals surface area contributed by atoms with Crippen LogP contribution in [0, 0.1) is 5.92 Å². The minimum absolute atomic E-state index is 0.213. The predicted octanol–water partition coefficient (Wildman–Crippen LogP) is 2.08. The summed E-state index contributed by atoms with van der Waals surface area (Å²) in [6.45, 7) is 7.22. The van der Waals surface area contributed by atoms with Gasteiger partial charge in [-0.15, -0.1) is 0 Å². The number of Topliss-reactive ketones (excluding diaryl/α,β-unsaturated/α-hetero) is 1. The second-order valence-electron chi connectivity index (χ2n) is 6.68. The molecule has 1 amide bonds. The Bertz CT molecular complexity index is 338. The van der Waals surface area contributed by atoms with Gasteiger partial charge in [-0.1, -0.05) is 26.7 Å². The molecule has 2 aliphatic rings. The Kier molecular flexibility index (Phi) is 5.58. The van der Waals surface area contributed by atoms with Crippen LogP contribution in [0.3, 0.4) is 0 Å². The van der Waals surface area contributed by atoms with Crippen LogP contribution in [-0.4, -0.2) is 53.7 Å². The van der Waals surface area contributed by atoms with E-state index >= 15 is 0 Å². The first kappa shape index (κ1) is 15.5. The van der Waals surface area contributed by atoms with Gasteiger partial charge in [0.05, 0.1) is 6.54 Å². The summed E-state index contributed by atoms with van der Waals surface area (Å²) in [6.07, 6.45) is 6.15. The van der Waals surface area contributed by atoms with Crippen LogP contribution in [0.25, 0.3) is 0 Å². The van der Waals surface area contributed by atoms with Crippen LogP contribution in [0.2, 0.25) is 0 Å². The van der Waals surface area contributed by atoms with Crippen molar-refractivity contribution in [3.8, 4) is 0 Å². The smallest absolute Gasteiger partial charge is 0.236 e. The van der Waals surface area contributed by atoms with Crippen molar-refractivity contribution in [3.05, 3.63) is 0 Å². The number of amides is 1. The van der Waals surface area contributed by atoms with Gasteiger partial charge in [-0.3, -0.25) is 14.5 Å². The highest BCUT2D eigenvalue weighted by molar-refractivity contribution is 5.84. The third-order valence-corrected chi connectivity index (χ3v) is 4.45. The number of rotatable bonds is 5. The summed E-state index contributed by atoms with van der Waals surface area (Å²) in [5.74, 6) is 1.10. The molecule has 0 unspecified atom stereocenters. The lowest BCUT2D eigenvalue weighted by Crippen LogP contribution is -2.47. The summed E-state index contributed by atoms with van der Waals surface area (Å²) in [7, 11) is 0. The number of piperidine rings is 1. The topological polar surface area (TPSA) is 40.6 Å². The Hall–Kier alpha value is -0.900. The maximum Gasteiger partial charge on any atom is 0.236 e. The van der Waals surface area contributed by atoms with E-state index in [1.807, 2.05) is 4.90 Å². The SMILES string of the molecule is CC(C)CN(CC(=O)N1CCC(=O)CC1)C1CCCC1. The van der Waals surface area contributed by atoms with Crippen molar-refractivity contribution in [2.75, 3.05) is 26.2 Å². The zero-order chi connectivity index (χ0) is 14.5. The number of hydrogen-bond acceptors (Lipinski definition) is 3. The molecule has 4 heteroatoms. The first-order chi connectivity index (χ1) is 9.56. The number of carbonyl (C=O) groups excluding carboxylic acids is 2. The highest BCUT2D eigenvalue weighted by atomic mass is 16.2. The van der Waals surface area contributed by atoms with E-state index in [9.17, 15) is 9.59 Å². The third kappa shape index (κ3) is 4.30. The Labute approximate surface area is 122 Å². The summed E-state index contributed by atoms with van der Waals surface area (Å²) in [5.41, 5.74) is 0. The molecule has 1 aliphatic carbocycles. The van der Waals surface area contributed by atoms with E-state index in [1.54, 1.807) is 0 Å². The van der Waals surface area contributed by atoms with E-state index in [0.717, 1.165) is 6.54 Å². The molecule has 1 saturated carbocycles. The van der Waals surface area contributed by atoms with Gasteiger partial charge in [-0.2, -0.15) is 0 Å². The maximum atomic E-state index is 12.4. The molecule has 1 heterocycles. The molecule has 0 aromatic carbocycles. The Morgan fingerprint density at radius 2 is 1.85 bits per heavy atom. The van der Waals surface area contributed by atoms with Crippen LogP contribution >= 0.6 is 0 Å². The third-order valence-electron chi connectivity index (χ3n) is 4.45. The summed E-state index contributed by atoms with van der Waals surface area (Å²) >= 11 is 0. The lowest BCUT2D eigenvalue weighted by molar-refractivity contribution is -0.136. The molecule has 0 bridgehead atoms. The van der Waals surface area contributed by atoms with Crippen molar-refractivity contribution in [2.24, 2.45) is 5.92 Å². The van der Waals surface area contributed by atoms with Crippen molar-refractivity contribution in [3.63, 3.8) is 0 Å². The fourth-order valence-electron chi connectivity index (χ4n) is 3.36. The lowest BCUT2D eigenvalue weighted by atomic mass is 10.1. The van der Waals surface area contributed by atoms with Crippen molar-refractivity contribution < 1.29 is 9.59 Å². The van der Waals surface area contributed by atoms with Crippen molar-refractivity contribution in [1.82, 2.24) is 9.80 Å². The molecule has 1 aliphatic heterocycles. The summed E-state index contributed by atoms with van der Waals surface area (Å²) in [6, 6.07) is 0.591. The fraction of sp³-hybridized carbons (Fsp3) is 0.875. The average molecular weight is 280 g/mol. The maximum absolute atomic E-state index is 12.4. The van der Waals surface area contributed by atoms with Crippen molar-refractivity contribution >= 4 is 11.7 Å². The number of ketones is 1. The molecule has 0 N–H and O–H groups in total. The molecule has 0 radical (unpaired) electrons. The zero-order valence-electron chi connectivity index (χ0n) is 12.9. The monoisotopic (exact) mass is 280 g/mol. The molecule has 0 aromatic rings. The molecule has 0 spiro atoms. The van der Waals surface area contributed by atoms with Crippen molar-refractivity contribution in [1.29, 1.82) is 0 Å². The zero-order valence-corrected chi connectivity index (χ0v) is 12.9. The summed E-state index contributed by atoms with van der Waals surface area (Å²) < 4.78 is 0. The quantitative estimate of drug-likeness (QED) is 0.774. The van der Waals surface area contributed by atoms with Crippen molar-refractivity contribution in [2.45, 2.75) is 58.4 Å². The van der Waals surface area contributed by atoms with Gasteiger partial charge < -0.3 is 4.90 Å². The van der Waals surface area contributed by atoms with E-state index < -0.39 is 0 Å². The number of nitrogens with zero attached hydrogens (tertiary/aromatic N) is 2. The first-order valence-electron chi connectivity index (χ1n) is 8.10. The molecular weight excluding hydrogens is 252 g/mol. The highest BCUT2D eigenvalue weighted by Crippen LogP contribution is 2.24. The second-order valence-corrected chi connectivity index (χ2v) is 6.68. The fourth-order valence-corrected chi connectivity index (χ4v) is 3.36. The van der Waals surface area contributed by atoms with E-state index in [1.165, 1.54) is 25.7 Å². The highest BCUT2D eigenvalue weighted by Gasteiger charge is 2.27. The summed E-state index contributed by atoms with van der Waals surface area (Å²) in [4.78, 5) is 27.9. The molecule has 4 nitrogen and oxygen atoms in total. The van der Waals surface area contributed by atoms with Gasteiger partial charge in [0.25, 0.3) is 0 Å². The number of carbonyl (C=O) groups is 2. The first-order valence-corrected chi connectivity index (χ1v) is 8.10. The van der Waals surface area contributed by atoms with Crippen LogP contribution < -0.4 is 0 Å². The normalized spacial score (nSPS) is 21.2. The van der Waals surface area contributed by atoms with Gasteiger partial charge in [0.2, 0.25) is 5.91 Å². The Morgan fingerprint density at radius 3 is 2.40 bits per heavy atom. The van der Waals surface area contributed by atoms with Gasteiger partial charge in [0.15, 0.2) is 0 Å². The molecule has 20 heavy (non-hydrogen) atoms. The van der Waals surface area contributed by atoms with E-state index in [4.69, 9.17) is 0 Å². The molecule has 114 valence electrons. The summed E-state index contributed by atoms with van der Waals surface area (Å²) in [5, 5.41) is 0. The molecule has 1 saturated heterocycles. The lowest BCUT2D eigenvalue weighted by Gasteiger charge is -2.33. The largest absolute Gasteiger partial charge is 0.341 e. The molecule has 2 fully saturated rings. The molecule has 0 atom stereocenters. The molecular formula is C16H28N2O2. The van der Waals surface area contributed by atoms with Gasteiger partial charge in [-0.25, -0.2) is 0 Å². The average Bonchev–Trinajstić information content (AvgIpc) is 2.92. The van der Waals surface area contributed by atoms with Crippen LogP contribution in [0.4, 0.5) is 0 Å². The van der Waals surface area contributed by atoms with Gasteiger partial charge >= 0.3 is 0 Å². The van der Waals surface area contributed by atoms with Gasteiger partial charge in [0.1, 0.15) is 5.78 Å². The second kappa shape index (κ2) is 7.21. The predicted molar refractivity (Wildman–Crippen MR) is 79.5 cm³/mol. The van der Waals surface area contributed by atoms with E-state index in [2.05, 4.69) is 18.7 Å². The van der Waals surface area contributed by atoms with Gasteiger partial charge in [0, 0.05) is 38.5 Å².